The molecule has 0 radical (unpaired) electrons. The quantitative estimate of drug-likeness (QED) is 0.934. The molecule has 0 saturated carbocycles. The number of pyridine rings is 1. The van der Waals surface area contributed by atoms with E-state index < -0.39 is 0 Å². The molecule has 21 heavy (non-hydrogen) atoms. The van der Waals surface area contributed by atoms with E-state index in [1.807, 2.05) is 18.3 Å². The standard InChI is InChI=1S/C18H20N2O/c21-18(11-10-14-5-4-12-19-13-14)20-17-9-3-7-15-6-1-2-8-16(15)17/h1-2,4-6,8,12-13,17H,3,7,9-11H2,(H,20,21). The molecule has 0 bridgehead atoms. The summed E-state index contributed by atoms with van der Waals surface area (Å²) in [6.07, 6.45) is 8.14. The first kappa shape index (κ1) is 13.8. The lowest BCUT2D eigenvalue weighted by Crippen LogP contribution is -2.31. The van der Waals surface area contributed by atoms with Crippen LogP contribution in [0.15, 0.2) is 48.8 Å². The lowest BCUT2D eigenvalue weighted by atomic mass is 9.87. The minimum atomic E-state index is 0.126. The largest absolute Gasteiger partial charge is 0.349 e. The molecule has 1 aliphatic carbocycles. The molecular weight excluding hydrogens is 260 g/mol. The van der Waals surface area contributed by atoms with E-state index in [4.69, 9.17) is 0 Å². The summed E-state index contributed by atoms with van der Waals surface area (Å²) in [5, 5.41) is 3.19. The third-order valence-electron chi connectivity index (χ3n) is 4.07. The Hall–Kier alpha value is -2.16. The summed E-state index contributed by atoms with van der Waals surface area (Å²) in [6.45, 7) is 0. The highest BCUT2D eigenvalue weighted by atomic mass is 16.1. The van der Waals surface area contributed by atoms with Gasteiger partial charge >= 0.3 is 0 Å². The molecule has 0 aliphatic heterocycles. The van der Waals surface area contributed by atoms with Gasteiger partial charge in [-0.1, -0.05) is 30.3 Å². The summed E-state index contributed by atoms with van der Waals surface area (Å²) in [5.74, 6) is 0.126. The van der Waals surface area contributed by atoms with Gasteiger partial charge in [0.2, 0.25) is 5.91 Å². The normalized spacial score (nSPS) is 17.0. The number of carbonyl (C=O) groups excluding carboxylic acids is 1. The van der Waals surface area contributed by atoms with Crippen molar-refractivity contribution in [3.05, 3.63) is 65.5 Å². The van der Waals surface area contributed by atoms with Crippen molar-refractivity contribution in [3.63, 3.8) is 0 Å². The fourth-order valence-electron chi connectivity index (χ4n) is 2.97. The van der Waals surface area contributed by atoms with Crippen molar-refractivity contribution in [2.24, 2.45) is 0 Å². The Morgan fingerprint density at radius 1 is 1.24 bits per heavy atom. The lowest BCUT2D eigenvalue weighted by Gasteiger charge is -2.26. The Kier molecular flexibility index (Phi) is 4.29. The number of aromatic nitrogens is 1. The number of amides is 1. The van der Waals surface area contributed by atoms with E-state index in [1.54, 1.807) is 6.20 Å². The second-order valence-electron chi connectivity index (χ2n) is 5.57. The molecule has 1 aromatic heterocycles. The summed E-state index contributed by atoms with van der Waals surface area (Å²) < 4.78 is 0. The van der Waals surface area contributed by atoms with Gasteiger partial charge in [-0.25, -0.2) is 0 Å². The van der Waals surface area contributed by atoms with Crippen LogP contribution in [-0.2, 0) is 17.6 Å². The minimum absolute atomic E-state index is 0.126. The molecule has 1 aromatic carbocycles. The van der Waals surface area contributed by atoms with Gasteiger partial charge in [-0.15, -0.1) is 0 Å². The molecule has 1 atom stereocenters. The highest BCUT2D eigenvalue weighted by Crippen LogP contribution is 2.29. The third kappa shape index (κ3) is 3.48. The van der Waals surface area contributed by atoms with Crippen molar-refractivity contribution in [3.8, 4) is 0 Å². The molecule has 1 aliphatic rings. The number of benzene rings is 1. The van der Waals surface area contributed by atoms with Crippen molar-refractivity contribution in [1.29, 1.82) is 0 Å². The molecule has 1 amide bonds. The predicted octanol–water partition coefficient (Wildman–Crippen LogP) is 3.21. The zero-order chi connectivity index (χ0) is 14.5. The van der Waals surface area contributed by atoms with Crippen molar-refractivity contribution < 1.29 is 4.79 Å². The van der Waals surface area contributed by atoms with Gasteiger partial charge in [0.1, 0.15) is 0 Å². The molecule has 3 nitrogen and oxygen atoms in total. The van der Waals surface area contributed by atoms with Crippen LogP contribution < -0.4 is 5.32 Å². The molecule has 0 spiro atoms. The maximum absolute atomic E-state index is 12.2. The van der Waals surface area contributed by atoms with Gasteiger partial charge in [0.05, 0.1) is 6.04 Å². The lowest BCUT2D eigenvalue weighted by molar-refractivity contribution is -0.121. The van der Waals surface area contributed by atoms with Gasteiger partial charge in [-0.2, -0.15) is 0 Å². The van der Waals surface area contributed by atoms with Crippen LogP contribution in [0.5, 0.6) is 0 Å². The first-order valence-corrected chi connectivity index (χ1v) is 7.59. The molecule has 1 heterocycles. The Morgan fingerprint density at radius 2 is 2.14 bits per heavy atom. The molecular formula is C18H20N2O. The van der Waals surface area contributed by atoms with Crippen LogP contribution in [-0.4, -0.2) is 10.9 Å². The first-order chi connectivity index (χ1) is 10.3. The van der Waals surface area contributed by atoms with E-state index in [1.165, 1.54) is 11.1 Å². The van der Waals surface area contributed by atoms with Gasteiger partial charge in [-0.05, 0) is 48.4 Å². The average Bonchev–Trinajstić information content (AvgIpc) is 2.54. The summed E-state index contributed by atoms with van der Waals surface area (Å²) in [6, 6.07) is 12.5. The van der Waals surface area contributed by atoms with Crippen LogP contribution in [0.25, 0.3) is 0 Å². The zero-order valence-corrected chi connectivity index (χ0v) is 12.1. The number of rotatable bonds is 4. The SMILES string of the molecule is O=C(CCc1cccnc1)NC1CCCc2ccccc21. The van der Waals surface area contributed by atoms with E-state index in [0.29, 0.717) is 6.42 Å². The van der Waals surface area contributed by atoms with Gasteiger partial charge in [0.15, 0.2) is 0 Å². The van der Waals surface area contributed by atoms with Gasteiger partial charge in [0, 0.05) is 18.8 Å². The van der Waals surface area contributed by atoms with Crippen molar-refractivity contribution in [1.82, 2.24) is 10.3 Å². The molecule has 108 valence electrons. The Labute approximate surface area is 125 Å². The monoisotopic (exact) mass is 280 g/mol. The number of hydrogen-bond acceptors (Lipinski definition) is 2. The number of aryl methyl sites for hydroxylation is 2. The highest BCUT2D eigenvalue weighted by molar-refractivity contribution is 5.76. The molecule has 3 rings (SSSR count). The number of fused-ring (bicyclic) bond motifs is 1. The van der Waals surface area contributed by atoms with Crippen LogP contribution >= 0.6 is 0 Å². The van der Waals surface area contributed by atoms with E-state index in [-0.39, 0.29) is 11.9 Å². The predicted molar refractivity (Wildman–Crippen MR) is 82.8 cm³/mol. The molecule has 0 fully saturated rings. The Bertz CT molecular complexity index is 610. The molecule has 2 aromatic rings. The summed E-state index contributed by atoms with van der Waals surface area (Å²) in [4.78, 5) is 16.2. The Balaban J connectivity index is 1.58. The number of nitrogens with one attached hydrogen (secondary N) is 1. The number of carbonyl (C=O) groups is 1. The van der Waals surface area contributed by atoms with E-state index in [2.05, 4.69) is 34.6 Å². The second-order valence-corrected chi connectivity index (χ2v) is 5.57. The van der Waals surface area contributed by atoms with Crippen LogP contribution in [0.3, 0.4) is 0 Å². The maximum Gasteiger partial charge on any atom is 0.220 e. The van der Waals surface area contributed by atoms with Crippen LogP contribution in [0, 0.1) is 0 Å². The number of hydrogen-bond donors (Lipinski definition) is 1. The second kappa shape index (κ2) is 6.53. The smallest absolute Gasteiger partial charge is 0.220 e. The topological polar surface area (TPSA) is 42.0 Å². The fraction of sp³-hybridized carbons (Fsp3) is 0.333. The van der Waals surface area contributed by atoms with Crippen LogP contribution in [0.4, 0.5) is 0 Å². The van der Waals surface area contributed by atoms with Crippen LogP contribution in [0.2, 0.25) is 0 Å². The Morgan fingerprint density at radius 3 is 3.00 bits per heavy atom. The summed E-state index contributed by atoms with van der Waals surface area (Å²) in [5.41, 5.74) is 3.77. The summed E-state index contributed by atoms with van der Waals surface area (Å²) in [7, 11) is 0. The van der Waals surface area contributed by atoms with Gasteiger partial charge in [0.25, 0.3) is 0 Å². The minimum Gasteiger partial charge on any atom is -0.349 e. The van der Waals surface area contributed by atoms with Crippen molar-refractivity contribution >= 4 is 5.91 Å². The van der Waals surface area contributed by atoms with E-state index in [9.17, 15) is 4.79 Å². The highest BCUT2D eigenvalue weighted by Gasteiger charge is 2.20. The summed E-state index contributed by atoms with van der Waals surface area (Å²) >= 11 is 0. The molecule has 1 unspecified atom stereocenters. The first-order valence-electron chi connectivity index (χ1n) is 7.59. The molecule has 3 heteroatoms. The average molecular weight is 280 g/mol. The zero-order valence-electron chi connectivity index (χ0n) is 12.1. The molecule has 1 N–H and O–H groups in total. The number of nitrogens with zero attached hydrogens (tertiary/aromatic N) is 1. The van der Waals surface area contributed by atoms with Crippen molar-refractivity contribution in [2.75, 3.05) is 0 Å². The fourth-order valence-corrected chi connectivity index (χ4v) is 2.97. The van der Waals surface area contributed by atoms with Crippen molar-refractivity contribution in [2.45, 2.75) is 38.1 Å². The van der Waals surface area contributed by atoms with Gasteiger partial charge < -0.3 is 5.32 Å². The molecule has 0 saturated heterocycles. The third-order valence-corrected chi connectivity index (χ3v) is 4.07. The van der Waals surface area contributed by atoms with Crippen LogP contribution in [0.1, 0.15) is 42.0 Å². The van der Waals surface area contributed by atoms with Gasteiger partial charge in [-0.3, -0.25) is 9.78 Å². The maximum atomic E-state index is 12.2. The van der Waals surface area contributed by atoms with E-state index >= 15 is 0 Å². The van der Waals surface area contributed by atoms with E-state index in [0.717, 1.165) is 31.2 Å².